The topological polar surface area (TPSA) is 178 Å². The van der Waals surface area contributed by atoms with Gasteiger partial charge in [-0.1, -0.05) is 48.2 Å². The summed E-state index contributed by atoms with van der Waals surface area (Å²) in [5.41, 5.74) is 6.29. The second-order valence-corrected chi connectivity index (χ2v) is 11.4. The summed E-state index contributed by atoms with van der Waals surface area (Å²) in [6.07, 6.45) is -4.60. The molecule has 6 rings (SSSR count). The summed E-state index contributed by atoms with van der Waals surface area (Å²) in [4.78, 5) is 35.5. The molecule has 2 aromatic heterocycles. The average Bonchev–Trinajstić information content (AvgIpc) is 3.35. The van der Waals surface area contributed by atoms with Crippen LogP contribution >= 0.6 is 35.5 Å². The Labute approximate surface area is 217 Å². The first kappa shape index (κ1) is 24.1. The molecule has 2 aromatic carbocycles. The van der Waals surface area contributed by atoms with E-state index in [1.807, 2.05) is 36.4 Å². The van der Waals surface area contributed by atoms with Crippen LogP contribution in [0.3, 0.4) is 0 Å². The number of phosphoric ester groups is 1. The smallest absolute Gasteiger partial charge is 0.756 e. The van der Waals surface area contributed by atoms with Gasteiger partial charge in [0.2, 0.25) is 5.95 Å². The van der Waals surface area contributed by atoms with Crippen LogP contribution in [0, 0.1) is 0 Å². The van der Waals surface area contributed by atoms with E-state index in [9.17, 15) is 19.4 Å². The Morgan fingerprint density at radius 3 is 2.97 bits per heavy atom. The lowest BCUT2D eigenvalue weighted by Crippen LogP contribution is -2.41. The second-order valence-electron chi connectivity index (χ2n) is 8.30. The standard InChI is InChI=1S/C21H19BrN5O7PS/c22-13-10(6-5-9-3-1-2-4-11(9)13)8-36-21-24-14-17(25-20(23)26-18(14)29)27(21)19-15(28)16-12(33-19)7-32-35(30,31)34-16/h1-6,12,15-16,19,28H,7-8H2,(H,30,31)(H3,23,25,26,29)/t12?,15?,16-,19-/m1/s1. The number of thioether (sulfide) groups is 1. The summed E-state index contributed by atoms with van der Waals surface area (Å²) >= 11 is 4.98. The number of rotatable bonds is 4. The van der Waals surface area contributed by atoms with E-state index >= 15 is 0 Å². The largest absolute Gasteiger partial charge is 1.00 e. The zero-order valence-corrected chi connectivity index (χ0v) is 21.5. The van der Waals surface area contributed by atoms with Crippen molar-refractivity contribution < 1.29 is 29.8 Å². The molecule has 0 spiro atoms. The van der Waals surface area contributed by atoms with Gasteiger partial charge in [-0.25, -0.2) is 4.98 Å². The maximum Gasteiger partial charge on any atom is 1.00 e. The van der Waals surface area contributed by atoms with Crippen LogP contribution in [-0.2, 0) is 24.1 Å². The van der Waals surface area contributed by atoms with Gasteiger partial charge >= 0.3 is 1.43 Å². The first-order chi connectivity index (χ1) is 17.2. The van der Waals surface area contributed by atoms with Crippen molar-refractivity contribution in [3.05, 3.63) is 56.8 Å². The number of H-pyrrole nitrogens is 1. The van der Waals surface area contributed by atoms with E-state index in [0.717, 1.165) is 20.8 Å². The highest BCUT2D eigenvalue weighted by molar-refractivity contribution is 9.10. The van der Waals surface area contributed by atoms with Crippen LogP contribution in [0.4, 0.5) is 5.95 Å². The molecule has 36 heavy (non-hydrogen) atoms. The molecule has 0 aliphatic carbocycles. The normalized spacial score (nSPS) is 28.1. The Kier molecular flexibility index (Phi) is 5.97. The Hall–Kier alpha value is -2.29. The summed E-state index contributed by atoms with van der Waals surface area (Å²) in [6.45, 7) is -0.311. The van der Waals surface area contributed by atoms with Crippen LogP contribution in [0.5, 0.6) is 0 Å². The van der Waals surface area contributed by atoms with E-state index in [4.69, 9.17) is 19.5 Å². The second kappa shape index (κ2) is 8.92. The number of aromatic nitrogens is 4. The molecule has 3 unspecified atom stereocenters. The molecule has 2 aliphatic rings. The molecule has 188 valence electrons. The number of halogens is 1. The molecular weight excluding hydrogens is 577 g/mol. The van der Waals surface area contributed by atoms with Crippen LogP contribution in [0.25, 0.3) is 21.9 Å². The van der Waals surface area contributed by atoms with Crippen LogP contribution < -0.4 is 16.2 Å². The minimum absolute atomic E-state index is 0. The monoisotopic (exact) mass is 595 g/mol. The van der Waals surface area contributed by atoms with Crippen molar-refractivity contribution >= 4 is 63.4 Å². The highest BCUT2D eigenvalue weighted by atomic mass is 79.9. The molecule has 0 bridgehead atoms. The molecule has 2 fully saturated rings. The number of phosphoric acid groups is 1. The first-order valence-corrected chi connectivity index (χ1v) is 14.0. The Morgan fingerprint density at radius 1 is 1.33 bits per heavy atom. The molecule has 0 saturated carbocycles. The predicted octanol–water partition coefficient (Wildman–Crippen LogP) is 2.16. The maximum absolute atomic E-state index is 12.6. The number of nitrogens with one attached hydrogen (secondary N) is 1. The van der Waals surface area contributed by atoms with Gasteiger partial charge in [0.05, 0.1) is 6.61 Å². The SMILES string of the molecule is Nc1nc2c(nc(SCc3ccc4ccccc4c3Br)n2[C@@H]2OC3COP(=O)([O-])O[C@H]3C2O)c(=O)[nH]1.[H+]. The number of anilines is 1. The number of nitrogens with two attached hydrogens (primary N) is 1. The third-order valence-electron chi connectivity index (χ3n) is 6.05. The fourth-order valence-electron chi connectivity index (χ4n) is 4.39. The Morgan fingerprint density at radius 2 is 2.14 bits per heavy atom. The van der Waals surface area contributed by atoms with Crippen LogP contribution in [0.15, 0.2) is 50.8 Å². The van der Waals surface area contributed by atoms with Gasteiger partial charge in [-0.05, 0) is 32.3 Å². The molecule has 15 heteroatoms. The van der Waals surface area contributed by atoms with E-state index in [0.29, 0.717) is 10.9 Å². The van der Waals surface area contributed by atoms with E-state index in [-0.39, 0.29) is 25.1 Å². The van der Waals surface area contributed by atoms with Crippen molar-refractivity contribution in [2.24, 2.45) is 0 Å². The van der Waals surface area contributed by atoms with Crippen LogP contribution in [0.1, 0.15) is 13.2 Å². The summed E-state index contributed by atoms with van der Waals surface area (Å²) in [7, 11) is -4.57. The molecule has 4 aromatic rings. The predicted molar refractivity (Wildman–Crippen MR) is 133 cm³/mol. The quantitative estimate of drug-likeness (QED) is 0.232. The average molecular weight is 596 g/mol. The first-order valence-electron chi connectivity index (χ1n) is 10.8. The Bertz CT molecular complexity index is 1620. The van der Waals surface area contributed by atoms with Gasteiger partial charge in [0.1, 0.15) is 18.3 Å². The Balaban J connectivity index is 0.00000280. The molecule has 12 nitrogen and oxygen atoms in total. The zero-order valence-electron chi connectivity index (χ0n) is 19.2. The number of benzene rings is 2. The number of hydrogen-bond donors (Lipinski definition) is 3. The molecule has 0 amide bonds. The number of nitrogen functional groups attached to an aromatic ring is 1. The lowest BCUT2D eigenvalue weighted by atomic mass is 10.1. The van der Waals surface area contributed by atoms with Gasteiger partial charge in [0, 0.05) is 10.2 Å². The number of imidazole rings is 1. The number of nitrogens with zero attached hydrogens (tertiary/aromatic N) is 3. The lowest BCUT2D eigenvalue weighted by molar-refractivity contribution is -0.245. The van der Waals surface area contributed by atoms with Gasteiger partial charge in [-0.2, -0.15) is 4.98 Å². The number of ether oxygens (including phenoxy) is 1. The minimum Gasteiger partial charge on any atom is -0.756 e. The summed E-state index contributed by atoms with van der Waals surface area (Å²) in [5.74, 6) is 0.309. The minimum atomic E-state index is -4.57. The highest BCUT2D eigenvalue weighted by Gasteiger charge is 2.51. The van der Waals surface area contributed by atoms with Crippen LogP contribution in [-0.4, -0.2) is 49.5 Å². The lowest BCUT2D eigenvalue weighted by Gasteiger charge is -2.34. The zero-order chi connectivity index (χ0) is 25.2. The number of aliphatic hydroxyl groups excluding tert-OH is 1. The van der Waals surface area contributed by atoms with Gasteiger partial charge in [0.25, 0.3) is 13.4 Å². The molecule has 4 N–H and O–H groups in total. The van der Waals surface area contributed by atoms with Gasteiger partial charge in [-0.15, -0.1) is 0 Å². The number of aromatic amines is 1. The van der Waals surface area contributed by atoms with Crippen molar-refractivity contribution in [2.75, 3.05) is 12.3 Å². The third kappa shape index (κ3) is 4.07. The van der Waals surface area contributed by atoms with E-state index < -0.39 is 37.9 Å². The molecule has 5 atom stereocenters. The van der Waals surface area contributed by atoms with E-state index in [1.54, 1.807) is 0 Å². The van der Waals surface area contributed by atoms with Crippen molar-refractivity contribution in [1.82, 2.24) is 19.5 Å². The molecule has 0 radical (unpaired) electrons. The van der Waals surface area contributed by atoms with Gasteiger partial charge < -0.3 is 29.5 Å². The molecule has 2 saturated heterocycles. The molecule has 2 aliphatic heterocycles. The summed E-state index contributed by atoms with van der Waals surface area (Å²) in [5, 5.41) is 13.4. The summed E-state index contributed by atoms with van der Waals surface area (Å²) < 4.78 is 29.8. The molecular formula is C21H19BrN5O7PS. The molecule has 4 heterocycles. The number of hydrogen-bond acceptors (Lipinski definition) is 11. The van der Waals surface area contributed by atoms with Crippen molar-refractivity contribution in [3.63, 3.8) is 0 Å². The fourth-order valence-corrected chi connectivity index (χ4v) is 7.16. The van der Waals surface area contributed by atoms with Crippen molar-refractivity contribution in [3.8, 4) is 0 Å². The maximum atomic E-state index is 12.6. The highest BCUT2D eigenvalue weighted by Crippen LogP contribution is 2.50. The van der Waals surface area contributed by atoms with Crippen LogP contribution in [0.2, 0.25) is 0 Å². The van der Waals surface area contributed by atoms with Crippen molar-refractivity contribution in [2.45, 2.75) is 35.4 Å². The number of fused-ring (bicyclic) bond motifs is 3. The third-order valence-corrected chi connectivity index (χ3v) is 8.95. The van der Waals surface area contributed by atoms with Crippen molar-refractivity contribution in [1.29, 1.82) is 0 Å². The van der Waals surface area contributed by atoms with E-state index in [2.05, 4.69) is 30.9 Å². The summed E-state index contributed by atoms with van der Waals surface area (Å²) in [6, 6.07) is 11.9. The number of aliphatic hydroxyl groups is 1. The van der Waals surface area contributed by atoms with Gasteiger partial charge in [-0.3, -0.25) is 18.9 Å². The van der Waals surface area contributed by atoms with E-state index in [1.165, 1.54) is 16.3 Å². The fraction of sp³-hybridized carbons (Fsp3) is 0.286. The van der Waals surface area contributed by atoms with Gasteiger partial charge in [0.15, 0.2) is 22.5 Å².